The van der Waals surface area contributed by atoms with Crippen molar-refractivity contribution in [2.75, 3.05) is 0 Å². The lowest BCUT2D eigenvalue weighted by Gasteiger charge is -2.12. The van der Waals surface area contributed by atoms with Crippen molar-refractivity contribution in [3.8, 4) is 0 Å². The lowest BCUT2D eigenvalue weighted by atomic mass is 9.97. The zero-order valence-corrected chi connectivity index (χ0v) is 23.6. The first kappa shape index (κ1) is 26.0. The molecule has 8 nitrogen and oxygen atoms in total. The number of carboxylic acids is 1. The van der Waals surface area contributed by atoms with Gasteiger partial charge in [-0.05, 0) is 71.5 Å². The van der Waals surface area contributed by atoms with Gasteiger partial charge >= 0.3 is 5.97 Å². The van der Waals surface area contributed by atoms with Crippen LogP contribution in [-0.2, 0) is 38.6 Å². The number of carboxylic acid groups (broad SMARTS) is 1. The summed E-state index contributed by atoms with van der Waals surface area (Å²) in [6, 6.07) is 28.7. The van der Waals surface area contributed by atoms with Crippen molar-refractivity contribution in [1.82, 2.24) is 30.2 Å². The zero-order valence-electron chi connectivity index (χ0n) is 22.8. The fraction of sp³-hybridized carbons (Fsp3) is 0.182. The van der Waals surface area contributed by atoms with E-state index < -0.39 is 5.97 Å². The number of aryl methyl sites for hydroxylation is 5. The van der Waals surface area contributed by atoms with Crippen LogP contribution in [0.3, 0.4) is 0 Å². The molecule has 9 heteroatoms. The fourth-order valence-electron chi connectivity index (χ4n) is 5.85. The number of benzene rings is 4. The van der Waals surface area contributed by atoms with Gasteiger partial charge in [0.2, 0.25) is 0 Å². The molecule has 0 aliphatic carbocycles. The molecule has 4 aromatic carbocycles. The number of aromatic carboxylic acids is 1. The van der Waals surface area contributed by atoms with E-state index in [0.29, 0.717) is 24.4 Å². The molecule has 0 radical (unpaired) electrons. The summed E-state index contributed by atoms with van der Waals surface area (Å²) < 4.78 is 3.51. The maximum Gasteiger partial charge on any atom is 0.335 e. The number of tetrazole rings is 1. The minimum Gasteiger partial charge on any atom is -0.478 e. The highest BCUT2D eigenvalue weighted by Crippen LogP contribution is 2.32. The molecule has 2 N–H and O–H groups in total. The monoisotopic (exact) mass is 572 g/mol. The molecule has 0 unspecified atom stereocenters. The van der Waals surface area contributed by atoms with E-state index in [1.165, 1.54) is 32.3 Å². The Morgan fingerprint density at radius 2 is 1.71 bits per heavy atom. The normalized spacial score (nSPS) is 11.6. The van der Waals surface area contributed by atoms with Crippen LogP contribution < -0.4 is 0 Å². The molecule has 3 heterocycles. The van der Waals surface area contributed by atoms with E-state index in [0.717, 1.165) is 47.1 Å². The number of hydrogen-bond donors (Lipinski definition) is 2. The highest BCUT2D eigenvalue weighted by Gasteiger charge is 2.20. The fourth-order valence-corrected chi connectivity index (χ4v) is 6.81. The van der Waals surface area contributed by atoms with Crippen LogP contribution in [0.1, 0.15) is 38.0 Å². The van der Waals surface area contributed by atoms with Crippen molar-refractivity contribution in [1.29, 1.82) is 0 Å². The van der Waals surface area contributed by atoms with Crippen molar-refractivity contribution in [2.45, 2.75) is 38.6 Å². The second-order valence-corrected chi connectivity index (χ2v) is 11.6. The number of thiazole rings is 1. The molecule has 0 saturated carbocycles. The first-order valence-corrected chi connectivity index (χ1v) is 14.9. The third kappa shape index (κ3) is 5.14. The number of hydrogen-bond acceptors (Lipinski definition) is 6. The average molecular weight is 573 g/mol. The number of H-pyrrole nitrogens is 1. The quantitative estimate of drug-likeness (QED) is 0.196. The molecule has 0 amide bonds. The first-order chi connectivity index (χ1) is 20.6. The van der Waals surface area contributed by atoms with E-state index in [-0.39, 0.29) is 0 Å². The van der Waals surface area contributed by atoms with Crippen LogP contribution in [0.15, 0.2) is 84.9 Å². The maximum absolute atomic E-state index is 12.0. The summed E-state index contributed by atoms with van der Waals surface area (Å²) in [5.41, 5.74) is 6.00. The van der Waals surface area contributed by atoms with Crippen molar-refractivity contribution >= 4 is 49.2 Å². The summed E-state index contributed by atoms with van der Waals surface area (Å²) in [7, 11) is 0. The Hall–Kier alpha value is -4.89. The molecule has 0 saturated heterocycles. The van der Waals surface area contributed by atoms with Gasteiger partial charge in [-0.25, -0.2) is 9.78 Å². The Morgan fingerprint density at radius 3 is 2.55 bits per heavy atom. The van der Waals surface area contributed by atoms with Crippen LogP contribution in [0.25, 0.3) is 31.9 Å². The minimum atomic E-state index is -0.923. The number of fused-ring (bicyclic) bond motifs is 3. The highest BCUT2D eigenvalue weighted by atomic mass is 32.1. The highest BCUT2D eigenvalue weighted by molar-refractivity contribution is 7.18. The molecule has 0 aliphatic rings. The van der Waals surface area contributed by atoms with Gasteiger partial charge in [0.1, 0.15) is 0 Å². The van der Waals surface area contributed by atoms with Crippen LogP contribution in [0.5, 0.6) is 0 Å². The Bertz CT molecular complexity index is 2010. The van der Waals surface area contributed by atoms with Gasteiger partial charge in [0.25, 0.3) is 0 Å². The zero-order chi connectivity index (χ0) is 28.5. The lowest BCUT2D eigenvalue weighted by Crippen LogP contribution is -2.09. The van der Waals surface area contributed by atoms with Crippen LogP contribution in [0.4, 0.5) is 0 Å². The number of carbonyl (C=O) groups is 1. The standard InChI is InChI=1S/C33H28N6O2S/c40-33(41)24-12-14-29-26(20-24)25(13-10-21-9-11-22-5-1-2-6-23(22)19-21)28(39(29)18-17-31-35-37-38-36-31)15-16-32-34-27-7-3-4-8-30(27)42-32/h1-9,11-12,14,19-20H,10,13,15-18H2,(H,40,41)(H,35,36,37,38). The van der Waals surface area contributed by atoms with Gasteiger partial charge in [0.05, 0.1) is 20.8 Å². The summed E-state index contributed by atoms with van der Waals surface area (Å²) in [5.74, 6) is -0.276. The van der Waals surface area contributed by atoms with Crippen molar-refractivity contribution in [2.24, 2.45) is 0 Å². The largest absolute Gasteiger partial charge is 0.478 e. The molecule has 7 aromatic rings. The van der Waals surface area contributed by atoms with Crippen LogP contribution in [-0.4, -0.2) is 41.3 Å². The molecular weight excluding hydrogens is 544 g/mol. The van der Waals surface area contributed by atoms with Crippen molar-refractivity contribution < 1.29 is 9.90 Å². The van der Waals surface area contributed by atoms with E-state index in [9.17, 15) is 9.90 Å². The number of rotatable bonds is 10. The molecule has 42 heavy (non-hydrogen) atoms. The summed E-state index contributed by atoms with van der Waals surface area (Å²) >= 11 is 1.73. The smallest absolute Gasteiger partial charge is 0.335 e. The van der Waals surface area contributed by atoms with E-state index in [1.54, 1.807) is 17.4 Å². The molecule has 0 fully saturated rings. The summed E-state index contributed by atoms with van der Waals surface area (Å²) in [6.45, 7) is 0.660. The maximum atomic E-state index is 12.0. The van der Waals surface area contributed by atoms with Crippen LogP contribution in [0.2, 0.25) is 0 Å². The predicted molar refractivity (Wildman–Crippen MR) is 165 cm³/mol. The molecule has 0 atom stereocenters. The SMILES string of the molecule is O=C(O)c1ccc2c(c1)c(CCc1ccc3ccccc3c1)c(CCc1nc3ccccc3s1)n2CCc1nn[nH]n1. The Morgan fingerprint density at radius 1 is 0.857 bits per heavy atom. The van der Waals surface area contributed by atoms with Gasteiger partial charge in [0.15, 0.2) is 5.82 Å². The second-order valence-electron chi connectivity index (χ2n) is 10.4. The molecule has 208 valence electrons. The van der Waals surface area contributed by atoms with Gasteiger partial charge in [-0.3, -0.25) is 0 Å². The Kier molecular flexibility index (Phi) is 6.93. The van der Waals surface area contributed by atoms with Gasteiger partial charge in [-0.2, -0.15) is 5.21 Å². The van der Waals surface area contributed by atoms with Crippen molar-refractivity contribution in [3.05, 3.63) is 118 Å². The number of aromatic nitrogens is 6. The van der Waals surface area contributed by atoms with Crippen molar-refractivity contribution in [3.63, 3.8) is 0 Å². The van der Waals surface area contributed by atoms with Gasteiger partial charge in [-0.15, -0.1) is 21.5 Å². The third-order valence-electron chi connectivity index (χ3n) is 7.87. The number of para-hydroxylation sites is 1. The minimum absolute atomic E-state index is 0.294. The number of aromatic amines is 1. The number of nitrogens with zero attached hydrogens (tertiary/aromatic N) is 5. The van der Waals surface area contributed by atoms with E-state index in [2.05, 4.69) is 79.8 Å². The van der Waals surface area contributed by atoms with Gasteiger partial charge < -0.3 is 9.67 Å². The molecule has 0 bridgehead atoms. The van der Waals surface area contributed by atoms with Gasteiger partial charge in [-0.1, -0.05) is 59.8 Å². The topological polar surface area (TPSA) is 110 Å². The average Bonchev–Trinajstić information content (AvgIpc) is 3.75. The lowest BCUT2D eigenvalue weighted by molar-refractivity contribution is 0.0697. The van der Waals surface area contributed by atoms with Crippen LogP contribution in [0, 0.1) is 0 Å². The third-order valence-corrected chi connectivity index (χ3v) is 8.97. The first-order valence-electron chi connectivity index (χ1n) is 14.0. The molecule has 0 aliphatic heterocycles. The van der Waals surface area contributed by atoms with E-state index in [4.69, 9.17) is 4.98 Å². The van der Waals surface area contributed by atoms with Crippen LogP contribution >= 0.6 is 11.3 Å². The summed E-state index contributed by atoms with van der Waals surface area (Å²) in [6.07, 6.45) is 3.84. The summed E-state index contributed by atoms with van der Waals surface area (Å²) in [5, 5.41) is 28.9. The van der Waals surface area contributed by atoms with Gasteiger partial charge in [0, 0.05) is 36.0 Å². The molecular formula is C33H28N6O2S. The Balaban J connectivity index is 1.29. The Labute approximate surface area is 245 Å². The molecule has 3 aromatic heterocycles. The van der Waals surface area contributed by atoms with E-state index >= 15 is 0 Å². The summed E-state index contributed by atoms with van der Waals surface area (Å²) in [4.78, 5) is 16.9. The number of nitrogens with one attached hydrogen (secondary N) is 1. The predicted octanol–water partition coefficient (Wildman–Crippen LogP) is 6.43. The molecule has 0 spiro atoms. The van der Waals surface area contributed by atoms with E-state index in [1.807, 2.05) is 24.3 Å². The second kappa shape index (κ2) is 11.2. The molecule has 7 rings (SSSR count).